The van der Waals surface area contributed by atoms with Crippen molar-refractivity contribution in [2.45, 2.75) is 12.2 Å². The van der Waals surface area contributed by atoms with Crippen molar-refractivity contribution in [3.63, 3.8) is 0 Å². The Morgan fingerprint density at radius 3 is 1.80 bits per heavy atom. The Morgan fingerprint density at radius 1 is 0.950 bits per heavy atom. The van der Waals surface area contributed by atoms with E-state index in [2.05, 4.69) is 4.74 Å². The normalized spacial score (nSPS) is 25.4. The molecule has 0 N–H and O–H groups in total. The predicted molar refractivity (Wildman–Crippen MR) is 66.5 cm³/mol. The Balaban J connectivity index is 0.000000123. The molecule has 3 aliphatic heterocycles. The molecule has 2 fully saturated rings. The Bertz CT molecular complexity index is 473. The fourth-order valence-electron chi connectivity index (χ4n) is 1.69. The summed E-state index contributed by atoms with van der Waals surface area (Å²) >= 11 is 0. The van der Waals surface area contributed by atoms with Crippen LogP contribution in [0, 0.1) is 0 Å². The van der Waals surface area contributed by atoms with Crippen LogP contribution in [-0.4, -0.2) is 50.6 Å². The second-order valence-electron chi connectivity index (χ2n) is 4.67. The molecule has 0 amide bonds. The van der Waals surface area contributed by atoms with Crippen LogP contribution in [0.1, 0.15) is 20.7 Å². The molecule has 2 atom stereocenters. The molecule has 0 spiro atoms. The minimum absolute atomic E-state index is 0.359. The first-order chi connectivity index (χ1) is 9.74. The standard InChI is InChI=1S/C8H4O3.C6H10O3/c9-7-5-3-1-2-4-6(5)8(10)11-7;1(5-3-8-5)7-2-6-4-9-6/h1-4H;5-6H,1-4H2. The van der Waals surface area contributed by atoms with Crippen LogP contribution < -0.4 is 0 Å². The van der Waals surface area contributed by atoms with Gasteiger partial charge in [0.2, 0.25) is 0 Å². The Labute approximate surface area is 115 Å². The number of fused-ring (bicyclic) bond motifs is 1. The van der Waals surface area contributed by atoms with E-state index in [1.807, 2.05) is 0 Å². The molecule has 6 heteroatoms. The molecule has 4 rings (SSSR count). The lowest BCUT2D eigenvalue weighted by atomic mass is 10.1. The highest BCUT2D eigenvalue weighted by molar-refractivity contribution is 6.14. The van der Waals surface area contributed by atoms with E-state index in [9.17, 15) is 9.59 Å². The van der Waals surface area contributed by atoms with Crippen molar-refractivity contribution in [2.24, 2.45) is 0 Å². The van der Waals surface area contributed by atoms with Crippen molar-refractivity contribution >= 4 is 11.9 Å². The third kappa shape index (κ3) is 3.41. The van der Waals surface area contributed by atoms with Gasteiger partial charge in [-0.1, -0.05) is 12.1 Å². The van der Waals surface area contributed by atoms with Gasteiger partial charge in [0.1, 0.15) is 12.2 Å². The lowest BCUT2D eigenvalue weighted by molar-refractivity contribution is 0.0444. The van der Waals surface area contributed by atoms with Gasteiger partial charge in [0.05, 0.1) is 37.6 Å². The maximum absolute atomic E-state index is 10.8. The quantitative estimate of drug-likeness (QED) is 0.460. The maximum atomic E-state index is 10.8. The van der Waals surface area contributed by atoms with E-state index in [-0.39, 0.29) is 0 Å². The van der Waals surface area contributed by atoms with Gasteiger partial charge >= 0.3 is 11.9 Å². The summed E-state index contributed by atoms with van der Waals surface area (Å²) in [5.74, 6) is -1.10. The molecule has 0 radical (unpaired) electrons. The third-order valence-corrected chi connectivity index (χ3v) is 2.96. The average molecular weight is 278 g/mol. The number of rotatable bonds is 4. The van der Waals surface area contributed by atoms with Gasteiger partial charge in [0, 0.05) is 0 Å². The molecule has 0 aliphatic carbocycles. The molecule has 2 saturated heterocycles. The van der Waals surface area contributed by atoms with Crippen LogP contribution in [0.25, 0.3) is 0 Å². The smallest absolute Gasteiger partial charge is 0.346 e. The minimum Gasteiger partial charge on any atom is -0.386 e. The average Bonchev–Trinajstić information content (AvgIpc) is 3.34. The number of hydrogen-bond donors (Lipinski definition) is 0. The fraction of sp³-hybridized carbons (Fsp3) is 0.429. The second-order valence-corrected chi connectivity index (χ2v) is 4.67. The summed E-state index contributed by atoms with van der Waals surface area (Å²) in [6, 6.07) is 6.53. The van der Waals surface area contributed by atoms with Crippen molar-refractivity contribution < 1.29 is 28.5 Å². The van der Waals surface area contributed by atoms with Crippen molar-refractivity contribution in [1.29, 1.82) is 0 Å². The maximum Gasteiger partial charge on any atom is 0.346 e. The number of benzene rings is 1. The number of esters is 2. The van der Waals surface area contributed by atoms with E-state index in [0.717, 1.165) is 26.4 Å². The molecule has 20 heavy (non-hydrogen) atoms. The Morgan fingerprint density at radius 2 is 1.40 bits per heavy atom. The molecule has 6 nitrogen and oxygen atoms in total. The van der Waals surface area contributed by atoms with Crippen LogP contribution in [0.3, 0.4) is 0 Å². The number of carbonyl (C=O) groups is 2. The van der Waals surface area contributed by atoms with E-state index < -0.39 is 11.9 Å². The Hall–Kier alpha value is -1.76. The van der Waals surface area contributed by atoms with Gasteiger partial charge in [-0.25, -0.2) is 9.59 Å². The van der Waals surface area contributed by atoms with Gasteiger partial charge in [-0.3, -0.25) is 0 Å². The SMILES string of the molecule is C(OCC1CO1)C1CO1.O=C1OC(=O)c2ccccc21. The molecular weight excluding hydrogens is 264 g/mol. The van der Waals surface area contributed by atoms with E-state index in [1.165, 1.54) is 0 Å². The van der Waals surface area contributed by atoms with Gasteiger partial charge in [-0.05, 0) is 12.1 Å². The zero-order chi connectivity index (χ0) is 13.9. The number of cyclic esters (lactones) is 2. The number of ether oxygens (including phenoxy) is 4. The van der Waals surface area contributed by atoms with Crippen LogP contribution in [-0.2, 0) is 18.9 Å². The molecule has 2 unspecified atom stereocenters. The van der Waals surface area contributed by atoms with E-state index in [1.54, 1.807) is 24.3 Å². The summed E-state index contributed by atoms with van der Waals surface area (Å²) in [7, 11) is 0. The molecule has 1 aromatic rings. The highest BCUT2D eigenvalue weighted by atomic mass is 16.6. The molecule has 3 aliphatic rings. The van der Waals surface area contributed by atoms with E-state index in [4.69, 9.17) is 14.2 Å². The summed E-state index contributed by atoms with van der Waals surface area (Å²) in [6.07, 6.45) is 0.785. The molecule has 1 aromatic carbocycles. The number of carbonyl (C=O) groups excluding carboxylic acids is 2. The first-order valence-electron chi connectivity index (χ1n) is 6.40. The first-order valence-corrected chi connectivity index (χ1v) is 6.40. The van der Waals surface area contributed by atoms with Crippen LogP contribution in [0.2, 0.25) is 0 Å². The summed E-state index contributed by atoms with van der Waals surface area (Å²) in [5.41, 5.74) is 0.718. The van der Waals surface area contributed by atoms with Crippen molar-refractivity contribution in [3.8, 4) is 0 Å². The minimum atomic E-state index is -0.550. The van der Waals surface area contributed by atoms with Crippen LogP contribution in [0.15, 0.2) is 24.3 Å². The number of hydrogen-bond acceptors (Lipinski definition) is 6. The topological polar surface area (TPSA) is 77.7 Å². The second kappa shape index (κ2) is 5.70. The lowest BCUT2D eigenvalue weighted by Crippen LogP contribution is -2.06. The van der Waals surface area contributed by atoms with E-state index >= 15 is 0 Å². The lowest BCUT2D eigenvalue weighted by Gasteiger charge is -1.95. The number of epoxide rings is 2. The Kier molecular flexibility index (Phi) is 3.77. The fourth-order valence-corrected chi connectivity index (χ4v) is 1.69. The molecule has 0 bridgehead atoms. The summed E-state index contributed by atoms with van der Waals surface area (Å²) in [4.78, 5) is 21.7. The van der Waals surface area contributed by atoms with Gasteiger partial charge in [0.25, 0.3) is 0 Å². The monoisotopic (exact) mass is 278 g/mol. The summed E-state index contributed by atoms with van der Waals surface area (Å²) in [5, 5.41) is 0. The molecule has 0 saturated carbocycles. The highest BCUT2D eigenvalue weighted by Crippen LogP contribution is 2.18. The summed E-state index contributed by atoms with van der Waals surface area (Å²) in [6.45, 7) is 3.26. The molecular formula is C14H14O6. The molecule has 0 aromatic heterocycles. The molecule has 106 valence electrons. The van der Waals surface area contributed by atoms with Crippen molar-refractivity contribution in [2.75, 3.05) is 26.4 Å². The first kappa shape index (κ1) is 13.2. The zero-order valence-corrected chi connectivity index (χ0v) is 10.7. The van der Waals surface area contributed by atoms with Gasteiger partial charge in [-0.2, -0.15) is 0 Å². The van der Waals surface area contributed by atoms with Crippen molar-refractivity contribution in [3.05, 3.63) is 35.4 Å². The van der Waals surface area contributed by atoms with Gasteiger partial charge < -0.3 is 18.9 Å². The molecule has 3 heterocycles. The summed E-state index contributed by atoms with van der Waals surface area (Å²) < 4.78 is 19.5. The van der Waals surface area contributed by atoms with Gasteiger partial charge in [-0.15, -0.1) is 0 Å². The third-order valence-electron chi connectivity index (χ3n) is 2.96. The highest BCUT2D eigenvalue weighted by Gasteiger charge is 2.28. The van der Waals surface area contributed by atoms with Crippen LogP contribution in [0.4, 0.5) is 0 Å². The van der Waals surface area contributed by atoms with Gasteiger partial charge in [0.15, 0.2) is 0 Å². The predicted octanol–water partition coefficient (Wildman–Crippen LogP) is 0.798. The zero-order valence-electron chi connectivity index (χ0n) is 10.7. The van der Waals surface area contributed by atoms with E-state index in [0.29, 0.717) is 23.3 Å². The van der Waals surface area contributed by atoms with Crippen molar-refractivity contribution in [1.82, 2.24) is 0 Å². The largest absolute Gasteiger partial charge is 0.386 e. The van der Waals surface area contributed by atoms with Crippen LogP contribution >= 0.6 is 0 Å². The van der Waals surface area contributed by atoms with Crippen LogP contribution in [0.5, 0.6) is 0 Å².